The topological polar surface area (TPSA) is 6.48 Å². The Bertz CT molecular complexity index is 240. The first-order valence-electron chi connectivity index (χ1n) is 8.73. The third-order valence-corrected chi connectivity index (χ3v) is 5.85. The molecule has 112 valence electrons. The molecule has 2 rings (SSSR count). The van der Waals surface area contributed by atoms with Gasteiger partial charge in [0.1, 0.15) is 0 Å². The van der Waals surface area contributed by atoms with E-state index in [4.69, 9.17) is 0 Å². The fourth-order valence-corrected chi connectivity index (χ4v) is 4.70. The van der Waals surface area contributed by atoms with Gasteiger partial charge >= 0.3 is 0 Å². The summed E-state index contributed by atoms with van der Waals surface area (Å²) in [6.07, 6.45) is 8.25. The van der Waals surface area contributed by atoms with Crippen LogP contribution in [0, 0.1) is 11.8 Å². The molecule has 2 saturated heterocycles. The van der Waals surface area contributed by atoms with Gasteiger partial charge in [0, 0.05) is 25.2 Å². The Kier molecular flexibility index (Phi) is 5.70. The van der Waals surface area contributed by atoms with E-state index in [1.54, 1.807) is 0 Å². The summed E-state index contributed by atoms with van der Waals surface area (Å²) in [4.78, 5) is 5.57. The number of rotatable bonds is 6. The van der Waals surface area contributed by atoms with Crippen molar-refractivity contribution in [3.63, 3.8) is 0 Å². The van der Waals surface area contributed by atoms with E-state index in [1.165, 1.54) is 58.3 Å². The molecule has 2 heteroatoms. The van der Waals surface area contributed by atoms with Gasteiger partial charge in [-0.1, -0.05) is 40.5 Å². The first-order chi connectivity index (χ1) is 9.24. The van der Waals surface area contributed by atoms with E-state index in [9.17, 15) is 0 Å². The molecule has 2 heterocycles. The molecule has 0 amide bonds. The lowest BCUT2D eigenvalue weighted by molar-refractivity contribution is 0.0891. The van der Waals surface area contributed by atoms with Gasteiger partial charge in [-0.25, -0.2) is 0 Å². The van der Waals surface area contributed by atoms with Crippen molar-refractivity contribution in [2.75, 3.05) is 19.8 Å². The summed E-state index contributed by atoms with van der Waals surface area (Å²) in [5.41, 5.74) is 0. The number of nitrogens with zero attached hydrogens (tertiary/aromatic N) is 2. The monoisotopic (exact) mass is 266 g/mol. The maximum atomic E-state index is 2.79. The van der Waals surface area contributed by atoms with Gasteiger partial charge in [-0.05, 0) is 37.5 Å². The lowest BCUT2D eigenvalue weighted by Crippen LogP contribution is -2.44. The van der Waals surface area contributed by atoms with Gasteiger partial charge in [-0.2, -0.15) is 0 Å². The highest BCUT2D eigenvalue weighted by molar-refractivity contribution is 4.89. The van der Waals surface area contributed by atoms with Crippen molar-refractivity contribution >= 4 is 0 Å². The van der Waals surface area contributed by atoms with Crippen LogP contribution in [-0.2, 0) is 0 Å². The van der Waals surface area contributed by atoms with Crippen LogP contribution in [0.1, 0.15) is 66.2 Å². The van der Waals surface area contributed by atoms with Crippen LogP contribution < -0.4 is 0 Å². The molecule has 2 nitrogen and oxygen atoms in total. The minimum absolute atomic E-state index is 0.850. The number of hydrogen-bond donors (Lipinski definition) is 0. The Hall–Kier alpha value is -0.0800. The molecule has 0 bridgehead atoms. The highest BCUT2D eigenvalue weighted by Gasteiger charge is 2.36. The zero-order chi connectivity index (χ0) is 13.8. The molecular formula is C17H34N2. The lowest BCUT2D eigenvalue weighted by Gasteiger charge is -2.34. The van der Waals surface area contributed by atoms with Gasteiger partial charge in [0.25, 0.3) is 0 Å². The van der Waals surface area contributed by atoms with E-state index in [-0.39, 0.29) is 0 Å². The van der Waals surface area contributed by atoms with Crippen molar-refractivity contribution in [3.8, 4) is 0 Å². The minimum Gasteiger partial charge on any atom is -0.287 e. The van der Waals surface area contributed by atoms with Crippen LogP contribution in [0.3, 0.4) is 0 Å². The zero-order valence-corrected chi connectivity index (χ0v) is 13.6. The Labute approximate surface area is 120 Å². The molecular weight excluding hydrogens is 232 g/mol. The fourth-order valence-electron chi connectivity index (χ4n) is 4.70. The first kappa shape index (κ1) is 15.3. The molecule has 0 spiro atoms. The fraction of sp³-hybridized carbons (Fsp3) is 1.00. The Balaban J connectivity index is 1.93. The average molecular weight is 266 g/mol. The number of hydrogen-bond acceptors (Lipinski definition) is 2. The Morgan fingerprint density at radius 1 is 0.684 bits per heavy atom. The Morgan fingerprint density at radius 2 is 1.11 bits per heavy atom. The third kappa shape index (κ3) is 3.16. The van der Waals surface area contributed by atoms with E-state index in [2.05, 4.69) is 37.5 Å². The van der Waals surface area contributed by atoms with E-state index in [1.807, 2.05) is 0 Å². The third-order valence-electron chi connectivity index (χ3n) is 5.85. The quantitative estimate of drug-likeness (QED) is 0.718. The van der Waals surface area contributed by atoms with Crippen LogP contribution in [0.2, 0.25) is 0 Å². The van der Waals surface area contributed by atoms with Gasteiger partial charge in [0.2, 0.25) is 0 Å². The van der Waals surface area contributed by atoms with Crippen molar-refractivity contribution < 1.29 is 0 Å². The highest BCUT2D eigenvalue weighted by Crippen LogP contribution is 2.33. The average Bonchev–Trinajstić information content (AvgIpc) is 3.01. The number of likely N-dealkylation sites (tertiary alicyclic amines) is 2. The summed E-state index contributed by atoms with van der Waals surface area (Å²) >= 11 is 0. The summed E-state index contributed by atoms with van der Waals surface area (Å²) in [6.45, 7) is 13.4. The predicted molar refractivity (Wildman–Crippen MR) is 83.2 cm³/mol. The van der Waals surface area contributed by atoms with Crippen molar-refractivity contribution in [1.29, 1.82) is 0 Å². The summed E-state index contributed by atoms with van der Waals surface area (Å²) in [6, 6.07) is 1.70. The van der Waals surface area contributed by atoms with Gasteiger partial charge < -0.3 is 0 Å². The standard InChI is InChI=1S/C17H34N2/c1-5-14-9-11-18(16(14)7-3)13-19-12-10-15(6-2)17(19)8-4/h14-17H,5-13H2,1-4H3. The van der Waals surface area contributed by atoms with Crippen LogP contribution in [0.25, 0.3) is 0 Å². The Morgan fingerprint density at radius 3 is 1.42 bits per heavy atom. The first-order valence-corrected chi connectivity index (χ1v) is 8.73. The molecule has 0 radical (unpaired) electrons. The van der Waals surface area contributed by atoms with E-state index in [0.717, 1.165) is 23.9 Å². The molecule has 4 atom stereocenters. The molecule has 19 heavy (non-hydrogen) atoms. The van der Waals surface area contributed by atoms with Crippen LogP contribution in [0.4, 0.5) is 0 Å². The van der Waals surface area contributed by atoms with Gasteiger partial charge in [-0.15, -0.1) is 0 Å². The molecule has 0 aliphatic carbocycles. The highest BCUT2D eigenvalue weighted by atomic mass is 15.4. The smallest absolute Gasteiger partial charge is 0.0511 e. The van der Waals surface area contributed by atoms with Crippen molar-refractivity contribution in [3.05, 3.63) is 0 Å². The summed E-state index contributed by atoms with van der Waals surface area (Å²) in [5.74, 6) is 1.91. The van der Waals surface area contributed by atoms with Gasteiger partial charge in [0.15, 0.2) is 0 Å². The molecule has 0 saturated carbocycles. The lowest BCUT2D eigenvalue weighted by atomic mass is 9.95. The predicted octanol–water partition coefficient (Wildman–Crippen LogP) is 3.96. The van der Waals surface area contributed by atoms with Crippen molar-refractivity contribution in [2.45, 2.75) is 78.3 Å². The zero-order valence-electron chi connectivity index (χ0n) is 13.6. The van der Waals surface area contributed by atoms with Crippen LogP contribution >= 0.6 is 0 Å². The molecule has 0 aromatic heterocycles. The van der Waals surface area contributed by atoms with Crippen LogP contribution in [0.5, 0.6) is 0 Å². The molecule has 0 N–H and O–H groups in total. The molecule has 0 aromatic carbocycles. The second-order valence-electron chi connectivity index (χ2n) is 6.63. The summed E-state index contributed by atoms with van der Waals surface area (Å²) in [7, 11) is 0. The van der Waals surface area contributed by atoms with Crippen LogP contribution in [0.15, 0.2) is 0 Å². The molecule has 0 aromatic rings. The molecule has 2 aliphatic rings. The maximum Gasteiger partial charge on any atom is 0.0511 e. The van der Waals surface area contributed by atoms with E-state index in [0.29, 0.717) is 0 Å². The second-order valence-corrected chi connectivity index (χ2v) is 6.63. The molecule has 4 unspecified atom stereocenters. The normalized spacial score (nSPS) is 37.3. The van der Waals surface area contributed by atoms with Crippen LogP contribution in [-0.4, -0.2) is 41.6 Å². The maximum absolute atomic E-state index is 2.79. The van der Waals surface area contributed by atoms with E-state index >= 15 is 0 Å². The van der Waals surface area contributed by atoms with E-state index < -0.39 is 0 Å². The second kappa shape index (κ2) is 7.08. The van der Waals surface area contributed by atoms with Crippen molar-refractivity contribution in [2.24, 2.45) is 11.8 Å². The van der Waals surface area contributed by atoms with Gasteiger partial charge in [0.05, 0.1) is 6.67 Å². The minimum atomic E-state index is 0.850. The summed E-state index contributed by atoms with van der Waals surface area (Å²) in [5, 5.41) is 0. The van der Waals surface area contributed by atoms with Gasteiger partial charge in [-0.3, -0.25) is 9.80 Å². The molecule has 2 fully saturated rings. The largest absolute Gasteiger partial charge is 0.287 e. The van der Waals surface area contributed by atoms with Crippen molar-refractivity contribution in [1.82, 2.24) is 9.80 Å². The molecule has 2 aliphatic heterocycles. The SMILES string of the molecule is CCC1CCN(CN2CCC(CC)C2CC)C1CC. The summed E-state index contributed by atoms with van der Waals surface area (Å²) < 4.78 is 0.